The summed E-state index contributed by atoms with van der Waals surface area (Å²) in [5.41, 5.74) is 4.56. The summed E-state index contributed by atoms with van der Waals surface area (Å²) in [6.45, 7) is 13.1. The van der Waals surface area contributed by atoms with Crippen molar-refractivity contribution in [3.63, 3.8) is 0 Å². The summed E-state index contributed by atoms with van der Waals surface area (Å²) in [5.74, 6) is 1.34. The Morgan fingerprint density at radius 2 is 1.65 bits per heavy atom. The van der Waals surface area contributed by atoms with E-state index < -0.39 is 0 Å². The van der Waals surface area contributed by atoms with Gasteiger partial charge in [0.15, 0.2) is 11.0 Å². The van der Waals surface area contributed by atoms with Crippen molar-refractivity contribution in [3.8, 4) is 17.1 Å². The number of piperidine rings is 1. The maximum absolute atomic E-state index is 13.2. The van der Waals surface area contributed by atoms with Crippen LogP contribution in [0, 0.1) is 6.92 Å². The van der Waals surface area contributed by atoms with Gasteiger partial charge in [-0.05, 0) is 62.6 Å². The van der Waals surface area contributed by atoms with Crippen molar-refractivity contribution in [2.75, 3.05) is 5.75 Å². The van der Waals surface area contributed by atoms with E-state index in [9.17, 15) is 4.79 Å². The number of aryl methyl sites for hydroxylation is 1. The quantitative estimate of drug-likeness (QED) is 0.399. The molecule has 1 aliphatic rings. The summed E-state index contributed by atoms with van der Waals surface area (Å²) in [7, 11) is 0. The Bertz CT molecular complexity index is 1140. The van der Waals surface area contributed by atoms with Gasteiger partial charge in [0.25, 0.3) is 0 Å². The highest BCUT2D eigenvalue weighted by Crippen LogP contribution is 2.32. The van der Waals surface area contributed by atoms with Crippen LogP contribution in [0.4, 0.5) is 0 Å². The van der Waals surface area contributed by atoms with Crippen LogP contribution in [0.15, 0.2) is 53.7 Å². The van der Waals surface area contributed by atoms with Crippen molar-refractivity contribution < 1.29 is 4.79 Å². The maximum atomic E-state index is 13.2. The molecular formula is C28H36N4OS. The van der Waals surface area contributed by atoms with E-state index in [4.69, 9.17) is 0 Å². The van der Waals surface area contributed by atoms with Gasteiger partial charge in [-0.15, -0.1) is 10.2 Å². The third-order valence-electron chi connectivity index (χ3n) is 6.81. The molecule has 0 unspecified atom stereocenters. The van der Waals surface area contributed by atoms with Crippen molar-refractivity contribution >= 4 is 17.7 Å². The number of thioether (sulfide) groups is 1. The molecule has 1 saturated heterocycles. The number of rotatable bonds is 5. The van der Waals surface area contributed by atoms with Crippen molar-refractivity contribution in [1.82, 2.24) is 19.7 Å². The number of para-hydroxylation sites is 1. The highest BCUT2D eigenvalue weighted by atomic mass is 32.2. The van der Waals surface area contributed by atoms with E-state index in [-0.39, 0.29) is 11.3 Å². The summed E-state index contributed by atoms with van der Waals surface area (Å²) in [4.78, 5) is 15.2. The predicted molar refractivity (Wildman–Crippen MR) is 141 cm³/mol. The molecule has 2 aromatic carbocycles. The summed E-state index contributed by atoms with van der Waals surface area (Å²) in [5, 5.41) is 9.87. The lowest BCUT2D eigenvalue weighted by Gasteiger charge is -2.39. The van der Waals surface area contributed by atoms with Crippen molar-refractivity contribution in [2.45, 2.75) is 83.5 Å². The average Bonchev–Trinajstić information content (AvgIpc) is 3.21. The zero-order valence-corrected chi connectivity index (χ0v) is 22.0. The van der Waals surface area contributed by atoms with Crippen LogP contribution in [0.25, 0.3) is 17.1 Å². The summed E-state index contributed by atoms with van der Waals surface area (Å²) in [6, 6.07) is 17.4. The van der Waals surface area contributed by atoms with Gasteiger partial charge >= 0.3 is 0 Å². The number of carbonyl (C=O) groups is 1. The fraction of sp³-hybridized carbons (Fsp3) is 0.464. The lowest BCUT2D eigenvalue weighted by atomic mass is 9.87. The number of benzene rings is 2. The minimum absolute atomic E-state index is 0.0896. The Morgan fingerprint density at radius 3 is 2.26 bits per heavy atom. The van der Waals surface area contributed by atoms with Crippen LogP contribution >= 0.6 is 11.8 Å². The molecule has 3 aromatic rings. The van der Waals surface area contributed by atoms with Gasteiger partial charge in [-0.1, -0.05) is 75.0 Å². The van der Waals surface area contributed by atoms with Crippen LogP contribution in [0.5, 0.6) is 0 Å². The second kappa shape index (κ2) is 9.95. The molecule has 1 aromatic heterocycles. The fourth-order valence-electron chi connectivity index (χ4n) is 4.81. The second-order valence-electron chi connectivity index (χ2n) is 10.5. The Kier molecular flexibility index (Phi) is 7.17. The molecular weight excluding hydrogens is 440 g/mol. The molecule has 0 bridgehead atoms. The number of hydrogen-bond donors (Lipinski definition) is 0. The first kappa shape index (κ1) is 24.5. The first-order chi connectivity index (χ1) is 16.2. The molecule has 5 nitrogen and oxygen atoms in total. The van der Waals surface area contributed by atoms with Gasteiger partial charge in [-0.2, -0.15) is 0 Å². The zero-order chi connectivity index (χ0) is 24.5. The summed E-state index contributed by atoms with van der Waals surface area (Å²) < 4.78 is 2.10. The van der Waals surface area contributed by atoms with E-state index in [2.05, 4.69) is 97.6 Å². The van der Waals surface area contributed by atoms with E-state index in [0.29, 0.717) is 17.8 Å². The van der Waals surface area contributed by atoms with Crippen LogP contribution in [0.3, 0.4) is 0 Å². The van der Waals surface area contributed by atoms with Gasteiger partial charge in [-0.25, -0.2) is 0 Å². The van der Waals surface area contributed by atoms with Crippen LogP contribution in [-0.2, 0) is 10.2 Å². The molecule has 34 heavy (non-hydrogen) atoms. The van der Waals surface area contributed by atoms with Gasteiger partial charge in [-0.3, -0.25) is 9.36 Å². The van der Waals surface area contributed by atoms with Gasteiger partial charge in [0.2, 0.25) is 5.91 Å². The number of nitrogens with zero attached hydrogens (tertiary/aromatic N) is 4. The maximum Gasteiger partial charge on any atom is 0.233 e. The smallest absolute Gasteiger partial charge is 0.233 e. The predicted octanol–water partition coefficient (Wildman–Crippen LogP) is 6.42. The van der Waals surface area contributed by atoms with Gasteiger partial charge in [0.05, 0.1) is 11.4 Å². The Labute approximate surface area is 208 Å². The molecule has 2 heterocycles. The second-order valence-corrected chi connectivity index (χ2v) is 11.4. The molecule has 0 spiro atoms. The minimum Gasteiger partial charge on any atom is -0.337 e. The lowest BCUT2D eigenvalue weighted by molar-refractivity contribution is -0.134. The standard InChI is InChI=1S/C28H36N4OS/c1-19-10-7-8-13-24(19)32-26(22-14-16-23(17-15-22)28(4,5)6)29-30-27(32)34-18-25(33)31-20(2)11-9-12-21(31)3/h7-8,10,13-17,20-21H,9,11-12,18H2,1-6H3/t20-,21-/m0/s1. The van der Waals surface area contributed by atoms with Crippen molar-refractivity contribution in [1.29, 1.82) is 0 Å². The molecule has 1 fully saturated rings. The van der Waals surface area contributed by atoms with Crippen LogP contribution in [0.2, 0.25) is 0 Å². The molecule has 0 radical (unpaired) electrons. The molecule has 6 heteroatoms. The number of likely N-dealkylation sites (tertiary alicyclic amines) is 1. The van der Waals surface area contributed by atoms with E-state index in [1.807, 2.05) is 12.1 Å². The molecule has 1 aliphatic heterocycles. The van der Waals surface area contributed by atoms with E-state index in [0.717, 1.165) is 40.6 Å². The molecule has 0 N–H and O–H groups in total. The molecule has 4 rings (SSSR count). The summed E-state index contributed by atoms with van der Waals surface area (Å²) in [6.07, 6.45) is 3.35. The molecule has 180 valence electrons. The van der Waals surface area contributed by atoms with E-state index >= 15 is 0 Å². The zero-order valence-electron chi connectivity index (χ0n) is 21.2. The normalized spacial score (nSPS) is 18.8. The number of carbonyl (C=O) groups excluding carboxylic acids is 1. The molecule has 0 saturated carbocycles. The Balaban J connectivity index is 1.66. The third-order valence-corrected chi connectivity index (χ3v) is 7.72. The first-order valence-corrected chi connectivity index (χ1v) is 13.2. The highest BCUT2D eigenvalue weighted by Gasteiger charge is 2.29. The molecule has 2 atom stereocenters. The highest BCUT2D eigenvalue weighted by molar-refractivity contribution is 7.99. The number of amides is 1. The molecule has 1 amide bonds. The minimum atomic E-state index is 0.0896. The largest absolute Gasteiger partial charge is 0.337 e. The lowest BCUT2D eigenvalue weighted by Crippen LogP contribution is -2.48. The van der Waals surface area contributed by atoms with Crippen LogP contribution in [0.1, 0.15) is 65.0 Å². The van der Waals surface area contributed by atoms with Crippen molar-refractivity contribution in [2.24, 2.45) is 0 Å². The Morgan fingerprint density at radius 1 is 1.00 bits per heavy atom. The van der Waals surface area contributed by atoms with E-state index in [1.165, 1.54) is 23.7 Å². The van der Waals surface area contributed by atoms with Gasteiger partial charge in [0, 0.05) is 17.6 Å². The Hall–Kier alpha value is -2.60. The van der Waals surface area contributed by atoms with Crippen molar-refractivity contribution in [3.05, 3.63) is 59.7 Å². The number of aromatic nitrogens is 3. The number of hydrogen-bond acceptors (Lipinski definition) is 4. The summed E-state index contributed by atoms with van der Waals surface area (Å²) >= 11 is 1.48. The van der Waals surface area contributed by atoms with Gasteiger partial charge in [0.1, 0.15) is 0 Å². The third kappa shape index (κ3) is 5.07. The van der Waals surface area contributed by atoms with Crippen LogP contribution < -0.4 is 0 Å². The molecule has 0 aliphatic carbocycles. The topological polar surface area (TPSA) is 51.0 Å². The fourth-order valence-corrected chi connectivity index (χ4v) is 5.63. The van der Waals surface area contributed by atoms with Crippen LogP contribution in [-0.4, -0.2) is 43.4 Å². The van der Waals surface area contributed by atoms with Gasteiger partial charge < -0.3 is 4.90 Å². The monoisotopic (exact) mass is 476 g/mol. The first-order valence-electron chi connectivity index (χ1n) is 12.2. The SMILES string of the molecule is Cc1ccccc1-n1c(SCC(=O)N2[C@@H](C)CCC[C@@H]2C)nnc1-c1ccc(C(C)(C)C)cc1. The van der Waals surface area contributed by atoms with E-state index in [1.54, 1.807) is 0 Å². The average molecular weight is 477 g/mol.